The largest absolute Gasteiger partial charge is 0.369 e. The molecule has 1 N–H and O–H groups in total. The fourth-order valence-corrected chi connectivity index (χ4v) is 1.60. The number of halogens is 1. The molecule has 1 heterocycles. The van der Waals surface area contributed by atoms with Crippen molar-refractivity contribution in [2.75, 3.05) is 11.9 Å². The summed E-state index contributed by atoms with van der Waals surface area (Å²) in [7, 11) is 0. The zero-order chi connectivity index (χ0) is 12.8. The number of aromatic nitrogens is 1. The van der Waals surface area contributed by atoms with E-state index in [0.29, 0.717) is 11.7 Å². The van der Waals surface area contributed by atoms with E-state index in [-0.39, 0.29) is 10.7 Å². The lowest BCUT2D eigenvalue weighted by Gasteiger charge is -2.08. The molecule has 1 rings (SSSR count). The maximum atomic E-state index is 10.5. The molecule has 0 spiro atoms. The number of nitrogens with zero attached hydrogens (tertiary/aromatic N) is 2. The molecule has 0 fully saturated rings. The van der Waals surface area contributed by atoms with Gasteiger partial charge in [0.05, 0.1) is 9.95 Å². The van der Waals surface area contributed by atoms with E-state index in [9.17, 15) is 10.1 Å². The van der Waals surface area contributed by atoms with Crippen LogP contribution in [0.2, 0.25) is 5.02 Å². The molecule has 0 saturated carbocycles. The molecule has 6 heteroatoms. The molecule has 0 amide bonds. The minimum Gasteiger partial charge on any atom is -0.369 e. The van der Waals surface area contributed by atoms with Crippen LogP contribution in [0.25, 0.3) is 0 Å². The Balaban J connectivity index is 2.52. The van der Waals surface area contributed by atoms with Crippen molar-refractivity contribution in [2.45, 2.75) is 26.7 Å². The van der Waals surface area contributed by atoms with Gasteiger partial charge in [-0.05, 0) is 18.8 Å². The van der Waals surface area contributed by atoms with Crippen LogP contribution in [0, 0.1) is 16.0 Å². The lowest BCUT2D eigenvalue weighted by molar-refractivity contribution is -0.385. The summed E-state index contributed by atoms with van der Waals surface area (Å²) >= 11 is 5.89. The molecule has 94 valence electrons. The van der Waals surface area contributed by atoms with Crippen molar-refractivity contribution in [3.63, 3.8) is 0 Å². The van der Waals surface area contributed by atoms with Gasteiger partial charge in [-0.3, -0.25) is 10.1 Å². The predicted molar refractivity (Wildman–Crippen MR) is 68.5 cm³/mol. The summed E-state index contributed by atoms with van der Waals surface area (Å²) in [6, 6.07) is 1.30. The van der Waals surface area contributed by atoms with Crippen molar-refractivity contribution >= 4 is 23.1 Å². The molecule has 5 nitrogen and oxygen atoms in total. The molecule has 0 aromatic carbocycles. The van der Waals surface area contributed by atoms with Crippen LogP contribution >= 0.6 is 11.6 Å². The molecule has 0 saturated heterocycles. The van der Waals surface area contributed by atoms with Gasteiger partial charge in [-0.25, -0.2) is 4.98 Å². The zero-order valence-electron chi connectivity index (χ0n) is 9.94. The molecular formula is C11H16ClN3O2. The minimum absolute atomic E-state index is 0.0947. The number of hydrogen-bond acceptors (Lipinski definition) is 4. The Kier molecular flexibility index (Phi) is 5.15. The van der Waals surface area contributed by atoms with Crippen LogP contribution in [0.4, 0.5) is 11.5 Å². The van der Waals surface area contributed by atoms with E-state index in [1.165, 1.54) is 12.3 Å². The topological polar surface area (TPSA) is 68.1 Å². The first kappa shape index (κ1) is 13.7. The second-order valence-electron chi connectivity index (χ2n) is 4.24. The Morgan fingerprint density at radius 3 is 2.82 bits per heavy atom. The standard InChI is InChI=1S/C11H16ClN3O2/c1-8(2)4-3-5-13-11-10(12)6-9(7-14-11)15(16)17/h6-8H,3-5H2,1-2H3,(H,13,14). The Bertz CT molecular complexity index is 396. The van der Waals surface area contributed by atoms with Crippen LogP contribution in [0.1, 0.15) is 26.7 Å². The monoisotopic (exact) mass is 257 g/mol. The number of nitro groups is 1. The number of nitrogens with one attached hydrogen (secondary N) is 1. The average Bonchev–Trinajstić information content (AvgIpc) is 2.25. The molecule has 1 aromatic heterocycles. The average molecular weight is 258 g/mol. The maximum Gasteiger partial charge on any atom is 0.289 e. The highest BCUT2D eigenvalue weighted by Crippen LogP contribution is 2.23. The molecule has 0 bridgehead atoms. The van der Waals surface area contributed by atoms with Crippen LogP contribution in [-0.2, 0) is 0 Å². The van der Waals surface area contributed by atoms with Gasteiger partial charge >= 0.3 is 0 Å². The number of anilines is 1. The van der Waals surface area contributed by atoms with E-state index >= 15 is 0 Å². The summed E-state index contributed by atoms with van der Waals surface area (Å²) < 4.78 is 0. The number of hydrogen-bond donors (Lipinski definition) is 1. The van der Waals surface area contributed by atoms with Crippen molar-refractivity contribution in [3.05, 3.63) is 27.4 Å². The lowest BCUT2D eigenvalue weighted by atomic mass is 10.1. The second-order valence-corrected chi connectivity index (χ2v) is 4.65. The van der Waals surface area contributed by atoms with Gasteiger partial charge in [0.25, 0.3) is 5.69 Å². The predicted octanol–water partition coefficient (Wildman–Crippen LogP) is 3.49. The van der Waals surface area contributed by atoms with E-state index in [1.54, 1.807) is 0 Å². The van der Waals surface area contributed by atoms with Gasteiger partial charge in [0.1, 0.15) is 12.0 Å². The molecule has 0 aliphatic rings. The normalized spacial score (nSPS) is 10.6. The van der Waals surface area contributed by atoms with E-state index in [2.05, 4.69) is 24.1 Å². The highest BCUT2D eigenvalue weighted by molar-refractivity contribution is 6.33. The Labute approximate surface area is 105 Å². The quantitative estimate of drug-likeness (QED) is 0.481. The first-order valence-electron chi connectivity index (χ1n) is 5.54. The highest BCUT2D eigenvalue weighted by Gasteiger charge is 2.10. The van der Waals surface area contributed by atoms with E-state index < -0.39 is 4.92 Å². The van der Waals surface area contributed by atoms with Gasteiger partial charge in [0, 0.05) is 12.6 Å². The van der Waals surface area contributed by atoms with Crippen molar-refractivity contribution < 1.29 is 4.92 Å². The van der Waals surface area contributed by atoms with E-state index in [0.717, 1.165) is 19.4 Å². The van der Waals surface area contributed by atoms with Gasteiger partial charge in [0.2, 0.25) is 0 Å². The number of pyridine rings is 1. The summed E-state index contributed by atoms with van der Waals surface area (Å²) in [6.07, 6.45) is 3.35. The molecule has 0 unspecified atom stereocenters. The van der Waals surface area contributed by atoms with Gasteiger partial charge in [-0.2, -0.15) is 0 Å². The van der Waals surface area contributed by atoms with Crippen LogP contribution in [-0.4, -0.2) is 16.5 Å². The Hall–Kier alpha value is -1.36. The van der Waals surface area contributed by atoms with Crippen LogP contribution < -0.4 is 5.32 Å². The minimum atomic E-state index is -0.512. The van der Waals surface area contributed by atoms with E-state index in [1.807, 2.05) is 0 Å². The third-order valence-corrected chi connectivity index (χ3v) is 2.58. The fraction of sp³-hybridized carbons (Fsp3) is 0.545. The van der Waals surface area contributed by atoms with Crippen molar-refractivity contribution in [1.82, 2.24) is 4.98 Å². The molecule has 0 aliphatic carbocycles. The molecule has 0 aliphatic heterocycles. The second kappa shape index (κ2) is 6.39. The van der Waals surface area contributed by atoms with Gasteiger partial charge in [0.15, 0.2) is 0 Å². The van der Waals surface area contributed by atoms with Crippen molar-refractivity contribution in [3.8, 4) is 0 Å². The molecule has 17 heavy (non-hydrogen) atoms. The Morgan fingerprint density at radius 1 is 1.59 bits per heavy atom. The van der Waals surface area contributed by atoms with Crippen LogP contribution in [0.5, 0.6) is 0 Å². The van der Waals surface area contributed by atoms with Gasteiger partial charge in [-0.15, -0.1) is 0 Å². The van der Waals surface area contributed by atoms with Crippen LogP contribution in [0.15, 0.2) is 12.3 Å². The maximum absolute atomic E-state index is 10.5. The summed E-state index contributed by atoms with van der Waals surface area (Å²) in [5.41, 5.74) is -0.0947. The molecule has 1 aromatic rings. The summed E-state index contributed by atoms with van der Waals surface area (Å²) in [5.74, 6) is 1.16. The molecule has 0 atom stereocenters. The van der Waals surface area contributed by atoms with Gasteiger partial charge < -0.3 is 5.32 Å². The van der Waals surface area contributed by atoms with Crippen molar-refractivity contribution in [1.29, 1.82) is 0 Å². The Morgan fingerprint density at radius 2 is 2.29 bits per heavy atom. The summed E-state index contributed by atoms with van der Waals surface area (Å²) in [6.45, 7) is 5.09. The third-order valence-electron chi connectivity index (χ3n) is 2.29. The first-order valence-corrected chi connectivity index (χ1v) is 5.92. The summed E-state index contributed by atoms with van der Waals surface area (Å²) in [5, 5.41) is 13.8. The zero-order valence-corrected chi connectivity index (χ0v) is 10.7. The molecular weight excluding hydrogens is 242 g/mol. The fourth-order valence-electron chi connectivity index (χ4n) is 1.37. The molecule has 0 radical (unpaired) electrons. The third kappa shape index (κ3) is 4.56. The van der Waals surface area contributed by atoms with Crippen molar-refractivity contribution in [2.24, 2.45) is 5.92 Å². The highest BCUT2D eigenvalue weighted by atomic mass is 35.5. The lowest BCUT2D eigenvalue weighted by Crippen LogP contribution is -2.05. The van der Waals surface area contributed by atoms with E-state index in [4.69, 9.17) is 11.6 Å². The van der Waals surface area contributed by atoms with Gasteiger partial charge in [-0.1, -0.05) is 25.4 Å². The number of rotatable bonds is 6. The SMILES string of the molecule is CC(C)CCCNc1ncc([N+](=O)[O-])cc1Cl. The summed E-state index contributed by atoms with van der Waals surface area (Å²) in [4.78, 5) is 13.9. The smallest absolute Gasteiger partial charge is 0.289 e. The van der Waals surface area contributed by atoms with Crippen LogP contribution in [0.3, 0.4) is 0 Å². The first-order chi connectivity index (χ1) is 8.00.